The molecule has 1 aliphatic rings. The van der Waals surface area contributed by atoms with Crippen molar-refractivity contribution < 1.29 is 9.47 Å². The second-order valence-electron chi connectivity index (χ2n) is 4.42. The smallest absolute Gasteiger partial charge is 0.127 e. The van der Waals surface area contributed by atoms with E-state index in [4.69, 9.17) is 15.2 Å². The third-order valence-corrected chi connectivity index (χ3v) is 2.75. The van der Waals surface area contributed by atoms with Gasteiger partial charge in [0.1, 0.15) is 5.75 Å². The highest BCUT2D eigenvalue weighted by molar-refractivity contribution is 5.45. The molecule has 0 saturated heterocycles. The minimum absolute atomic E-state index is 0.101. The molecule has 16 heavy (non-hydrogen) atoms. The molecule has 0 aliphatic carbocycles. The van der Waals surface area contributed by atoms with E-state index < -0.39 is 0 Å². The van der Waals surface area contributed by atoms with Gasteiger partial charge in [0.15, 0.2) is 0 Å². The van der Waals surface area contributed by atoms with Gasteiger partial charge in [-0.3, -0.25) is 0 Å². The first-order valence-electron chi connectivity index (χ1n) is 5.80. The largest absolute Gasteiger partial charge is 0.493 e. The zero-order valence-corrected chi connectivity index (χ0v) is 9.90. The molecular formula is C13H19NO2. The lowest BCUT2D eigenvalue weighted by Gasteiger charge is -2.17. The first-order chi connectivity index (χ1) is 7.68. The number of fused-ring (bicyclic) bond motifs is 1. The Balaban J connectivity index is 2.11. The van der Waals surface area contributed by atoms with E-state index in [2.05, 4.69) is 6.07 Å². The van der Waals surface area contributed by atoms with E-state index in [0.29, 0.717) is 6.61 Å². The van der Waals surface area contributed by atoms with E-state index in [0.717, 1.165) is 24.3 Å². The topological polar surface area (TPSA) is 44.5 Å². The predicted octanol–water partition coefficient (Wildman–Crippen LogP) is 2.05. The maximum absolute atomic E-state index is 6.11. The van der Waals surface area contributed by atoms with E-state index in [1.807, 2.05) is 26.0 Å². The van der Waals surface area contributed by atoms with Crippen molar-refractivity contribution in [3.8, 4) is 5.75 Å². The van der Waals surface area contributed by atoms with Crippen molar-refractivity contribution >= 4 is 0 Å². The fourth-order valence-corrected chi connectivity index (χ4v) is 1.92. The summed E-state index contributed by atoms with van der Waals surface area (Å²) in [5.74, 6) is 0.974. The second kappa shape index (κ2) is 4.85. The summed E-state index contributed by atoms with van der Waals surface area (Å²) >= 11 is 0. The highest BCUT2D eigenvalue weighted by Gasteiger charge is 2.19. The molecule has 2 rings (SSSR count). The fraction of sp³-hybridized carbons (Fsp3) is 0.538. The number of benzene rings is 1. The summed E-state index contributed by atoms with van der Waals surface area (Å²) in [7, 11) is 0. The van der Waals surface area contributed by atoms with E-state index in [1.54, 1.807) is 0 Å². The van der Waals surface area contributed by atoms with Gasteiger partial charge in [0.05, 0.1) is 25.4 Å². The van der Waals surface area contributed by atoms with Crippen LogP contribution in [0.5, 0.6) is 5.75 Å². The van der Waals surface area contributed by atoms with Crippen LogP contribution in [-0.4, -0.2) is 19.3 Å². The van der Waals surface area contributed by atoms with Crippen molar-refractivity contribution in [1.29, 1.82) is 0 Å². The number of nitrogens with two attached hydrogens (primary N) is 1. The molecule has 1 unspecified atom stereocenters. The van der Waals surface area contributed by atoms with Crippen molar-refractivity contribution in [3.05, 3.63) is 29.3 Å². The molecule has 1 aliphatic heterocycles. The van der Waals surface area contributed by atoms with E-state index in [-0.39, 0.29) is 12.1 Å². The molecule has 0 spiro atoms. The summed E-state index contributed by atoms with van der Waals surface area (Å²) in [6, 6.07) is 6.06. The minimum atomic E-state index is -0.101. The number of rotatable bonds is 4. The predicted molar refractivity (Wildman–Crippen MR) is 63.7 cm³/mol. The third-order valence-electron chi connectivity index (χ3n) is 2.75. The van der Waals surface area contributed by atoms with Gasteiger partial charge in [0.25, 0.3) is 0 Å². The Labute approximate surface area is 96.5 Å². The quantitative estimate of drug-likeness (QED) is 0.846. The summed E-state index contributed by atoms with van der Waals surface area (Å²) in [4.78, 5) is 0. The minimum Gasteiger partial charge on any atom is -0.493 e. The molecule has 0 bridgehead atoms. The van der Waals surface area contributed by atoms with Gasteiger partial charge in [-0.05, 0) is 19.4 Å². The zero-order valence-electron chi connectivity index (χ0n) is 9.90. The van der Waals surface area contributed by atoms with Crippen LogP contribution in [0.2, 0.25) is 0 Å². The summed E-state index contributed by atoms with van der Waals surface area (Å²) in [5, 5.41) is 0. The number of para-hydroxylation sites is 1. The maximum Gasteiger partial charge on any atom is 0.127 e. The molecule has 1 aromatic rings. The lowest BCUT2D eigenvalue weighted by Crippen LogP contribution is -2.20. The van der Waals surface area contributed by atoms with Crippen molar-refractivity contribution in [1.82, 2.24) is 0 Å². The first kappa shape index (κ1) is 11.4. The molecule has 88 valence electrons. The maximum atomic E-state index is 6.11. The summed E-state index contributed by atoms with van der Waals surface area (Å²) in [6.45, 7) is 5.33. The Morgan fingerprint density at radius 1 is 1.44 bits per heavy atom. The van der Waals surface area contributed by atoms with Crippen molar-refractivity contribution in [2.45, 2.75) is 32.4 Å². The number of hydrogen-bond donors (Lipinski definition) is 1. The monoisotopic (exact) mass is 221 g/mol. The molecule has 0 amide bonds. The second-order valence-corrected chi connectivity index (χ2v) is 4.42. The Morgan fingerprint density at radius 2 is 2.25 bits per heavy atom. The van der Waals surface area contributed by atoms with Gasteiger partial charge in [-0.1, -0.05) is 18.2 Å². The van der Waals surface area contributed by atoms with E-state index >= 15 is 0 Å². The third kappa shape index (κ3) is 2.36. The van der Waals surface area contributed by atoms with Crippen LogP contribution in [0.25, 0.3) is 0 Å². The zero-order chi connectivity index (χ0) is 11.5. The van der Waals surface area contributed by atoms with E-state index in [9.17, 15) is 0 Å². The molecule has 3 heteroatoms. The van der Waals surface area contributed by atoms with Crippen LogP contribution in [-0.2, 0) is 11.2 Å². The van der Waals surface area contributed by atoms with Gasteiger partial charge < -0.3 is 15.2 Å². The molecule has 0 saturated carbocycles. The lowest BCUT2D eigenvalue weighted by atomic mass is 10.0. The van der Waals surface area contributed by atoms with Crippen LogP contribution < -0.4 is 10.5 Å². The van der Waals surface area contributed by atoms with E-state index in [1.165, 1.54) is 5.56 Å². The van der Waals surface area contributed by atoms with Crippen LogP contribution >= 0.6 is 0 Å². The van der Waals surface area contributed by atoms with Gasteiger partial charge in [0.2, 0.25) is 0 Å². The van der Waals surface area contributed by atoms with Crippen LogP contribution in [0.15, 0.2) is 18.2 Å². The highest BCUT2D eigenvalue weighted by atomic mass is 16.5. The summed E-state index contributed by atoms with van der Waals surface area (Å²) in [5.41, 5.74) is 8.44. The van der Waals surface area contributed by atoms with Gasteiger partial charge in [0, 0.05) is 12.0 Å². The fourth-order valence-electron chi connectivity index (χ4n) is 1.92. The number of hydrogen-bond acceptors (Lipinski definition) is 3. The van der Waals surface area contributed by atoms with Crippen LogP contribution in [0.1, 0.15) is 31.0 Å². The van der Waals surface area contributed by atoms with Crippen LogP contribution in [0.3, 0.4) is 0 Å². The molecule has 3 nitrogen and oxygen atoms in total. The highest BCUT2D eigenvalue weighted by Crippen LogP contribution is 2.32. The van der Waals surface area contributed by atoms with Gasteiger partial charge in [-0.2, -0.15) is 0 Å². The van der Waals surface area contributed by atoms with Crippen molar-refractivity contribution in [2.75, 3.05) is 13.2 Å². The summed E-state index contributed by atoms with van der Waals surface area (Å²) in [6.07, 6.45) is 1.20. The molecule has 1 atom stereocenters. The van der Waals surface area contributed by atoms with Crippen molar-refractivity contribution in [2.24, 2.45) is 5.73 Å². The standard InChI is InChI=1S/C13H19NO2/c1-9(2)16-8-12(14)11-5-3-4-10-6-7-15-13(10)11/h3-5,9,12H,6-8,14H2,1-2H3. The molecule has 1 aromatic carbocycles. The Hall–Kier alpha value is -1.06. The average molecular weight is 221 g/mol. The van der Waals surface area contributed by atoms with Crippen LogP contribution in [0, 0.1) is 0 Å². The number of ether oxygens (including phenoxy) is 2. The molecular weight excluding hydrogens is 202 g/mol. The molecule has 0 radical (unpaired) electrons. The molecule has 1 heterocycles. The SMILES string of the molecule is CC(C)OCC(N)c1cccc2c1OCC2. The molecule has 0 fully saturated rings. The molecule has 0 aromatic heterocycles. The Bertz CT molecular complexity index is 363. The average Bonchev–Trinajstić information content (AvgIpc) is 2.73. The van der Waals surface area contributed by atoms with Crippen LogP contribution in [0.4, 0.5) is 0 Å². The van der Waals surface area contributed by atoms with Crippen molar-refractivity contribution in [3.63, 3.8) is 0 Å². The Morgan fingerprint density at radius 3 is 3.00 bits per heavy atom. The normalized spacial score (nSPS) is 16.0. The first-order valence-corrected chi connectivity index (χ1v) is 5.80. The van der Waals surface area contributed by atoms with Gasteiger partial charge >= 0.3 is 0 Å². The van der Waals surface area contributed by atoms with Gasteiger partial charge in [-0.25, -0.2) is 0 Å². The Kier molecular flexibility index (Phi) is 3.46. The lowest BCUT2D eigenvalue weighted by molar-refractivity contribution is 0.0678. The van der Waals surface area contributed by atoms with Gasteiger partial charge in [-0.15, -0.1) is 0 Å². The molecule has 2 N–H and O–H groups in total. The summed E-state index contributed by atoms with van der Waals surface area (Å²) < 4.78 is 11.2.